The highest BCUT2D eigenvalue weighted by Crippen LogP contribution is 2.52. The summed E-state index contributed by atoms with van der Waals surface area (Å²) in [4.78, 5) is 40.6. The van der Waals surface area contributed by atoms with Gasteiger partial charge in [-0.2, -0.15) is 0 Å². The Labute approximate surface area is 198 Å². The van der Waals surface area contributed by atoms with Crippen molar-refractivity contribution >= 4 is 23.2 Å². The van der Waals surface area contributed by atoms with E-state index in [1.165, 1.54) is 0 Å². The molecule has 9 nitrogen and oxygen atoms in total. The number of aliphatic hydroxyl groups excluding tert-OH is 2. The molecule has 0 saturated heterocycles. The van der Waals surface area contributed by atoms with Gasteiger partial charge >= 0.3 is 0 Å². The maximum absolute atomic E-state index is 13.8. The second kappa shape index (κ2) is 8.70. The first-order valence-corrected chi connectivity index (χ1v) is 11.7. The number of ketones is 2. The lowest BCUT2D eigenvalue weighted by molar-refractivity contribution is -0.167. The van der Waals surface area contributed by atoms with Crippen molar-refractivity contribution in [2.75, 3.05) is 25.6 Å². The van der Waals surface area contributed by atoms with Gasteiger partial charge in [-0.05, 0) is 49.3 Å². The van der Waals surface area contributed by atoms with Crippen LogP contribution < -0.4 is 15.4 Å². The van der Waals surface area contributed by atoms with Gasteiger partial charge in [0.2, 0.25) is 5.91 Å². The Morgan fingerprint density at radius 2 is 1.97 bits per heavy atom. The molecule has 0 radical (unpaired) electrons. The van der Waals surface area contributed by atoms with E-state index in [9.17, 15) is 29.7 Å². The lowest BCUT2D eigenvalue weighted by Crippen LogP contribution is -2.63. The predicted molar refractivity (Wildman–Crippen MR) is 124 cm³/mol. The molecule has 3 aliphatic rings. The normalized spacial score (nSPS) is 30.4. The highest BCUT2D eigenvalue weighted by atomic mass is 16.5. The molecule has 1 fully saturated rings. The van der Waals surface area contributed by atoms with E-state index in [0.717, 1.165) is 24.1 Å². The van der Waals surface area contributed by atoms with E-state index in [1.54, 1.807) is 6.07 Å². The van der Waals surface area contributed by atoms with Crippen molar-refractivity contribution in [1.29, 1.82) is 0 Å². The molecule has 9 heteroatoms. The fourth-order valence-electron chi connectivity index (χ4n) is 5.76. The summed E-state index contributed by atoms with van der Waals surface area (Å²) in [6.45, 7) is 2.46. The van der Waals surface area contributed by atoms with Crippen LogP contribution in [0, 0.1) is 17.8 Å². The average Bonchev–Trinajstić information content (AvgIpc) is 2.76. The van der Waals surface area contributed by atoms with Gasteiger partial charge in [0.25, 0.3) is 0 Å². The third-order valence-electron chi connectivity index (χ3n) is 7.47. The Bertz CT molecular complexity index is 1080. The van der Waals surface area contributed by atoms with Crippen LogP contribution in [0.25, 0.3) is 0 Å². The number of carbonyl (C=O) groups excluding carboxylic acids is 3. The molecular weight excluding hydrogens is 440 g/mol. The summed E-state index contributed by atoms with van der Waals surface area (Å²) < 4.78 is 5.91. The van der Waals surface area contributed by atoms with Gasteiger partial charge in [-0.15, -0.1) is 0 Å². The fraction of sp³-hybridized carbons (Fsp3) is 0.560. The van der Waals surface area contributed by atoms with Crippen molar-refractivity contribution in [3.05, 3.63) is 34.6 Å². The third kappa shape index (κ3) is 3.49. The van der Waals surface area contributed by atoms with Crippen molar-refractivity contribution in [3.8, 4) is 5.75 Å². The van der Waals surface area contributed by atoms with E-state index in [-0.39, 0.29) is 18.4 Å². The van der Waals surface area contributed by atoms with Crippen LogP contribution >= 0.6 is 0 Å². The molecule has 0 aliphatic heterocycles. The zero-order valence-corrected chi connectivity index (χ0v) is 19.7. The number of anilines is 1. The molecule has 1 aromatic carbocycles. The number of fused-ring (bicyclic) bond motifs is 3. The van der Waals surface area contributed by atoms with Crippen LogP contribution in [0.2, 0.25) is 0 Å². The number of aliphatic hydroxyl groups is 3. The largest absolute Gasteiger partial charge is 0.508 e. The average molecular weight is 473 g/mol. The number of unbranched alkanes of at least 4 members (excludes halogenated alkanes) is 1. The number of benzene rings is 1. The lowest BCUT2D eigenvalue weighted by atomic mass is 9.58. The van der Waals surface area contributed by atoms with Crippen molar-refractivity contribution in [2.45, 2.75) is 50.7 Å². The quantitative estimate of drug-likeness (QED) is 0.357. The van der Waals surface area contributed by atoms with E-state index >= 15 is 0 Å². The smallest absolute Gasteiger partial charge is 0.230 e. The molecule has 3 aliphatic carbocycles. The topological polar surface area (TPSA) is 150 Å². The molecule has 0 heterocycles. The van der Waals surface area contributed by atoms with Crippen LogP contribution in [0.1, 0.15) is 48.5 Å². The number of nitrogens with two attached hydrogens (primary N) is 1. The van der Waals surface area contributed by atoms with Crippen LogP contribution in [0.4, 0.5) is 5.69 Å². The van der Waals surface area contributed by atoms with E-state index < -0.39 is 52.7 Å². The van der Waals surface area contributed by atoms with E-state index in [1.807, 2.05) is 32.0 Å². The maximum atomic E-state index is 13.8. The van der Waals surface area contributed by atoms with E-state index in [2.05, 4.69) is 0 Å². The van der Waals surface area contributed by atoms with Crippen LogP contribution in [0.15, 0.2) is 23.5 Å². The van der Waals surface area contributed by atoms with Gasteiger partial charge in [0, 0.05) is 31.3 Å². The molecule has 5 N–H and O–H groups in total. The molecule has 5 atom stereocenters. The van der Waals surface area contributed by atoms with Crippen LogP contribution in [0.3, 0.4) is 0 Å². The van der Waals surface area contributed by atoms with Gasteiger partial charge in [-0.1, -0.05) is 13.3 Å². The van der Waals surface area contributed by atoms with Crippen LogP contribution in [-0.4, -0.2) is 65.2 Å². The Hall–Kier alpha value is -2.91. The number of hydrogen-bond acceptors (Lipinski definition) is 8. The number of rotatable bonds is 6. The molecule has 1 aromatic rings. The summed E-state index contributed by atoms with van der Waals surface area (Å²) in [5, 5.41) is 33.0. The standard InChI is InChI=1S/C25H32N2O7/c1-4-5-8-34-17-7-6-15(27(2)3)14-10-12-9-13-11-16(28)20(24(26)32)23(31)25(13,33)22(30)18(12)21(29)19(14)17/h6-7,12-13,16,20,28,30,33H,4-5,8-11H2,1-3H3,(H2,26,32)/t12-,13+,16?,20?,25+/m1/s1. The number of primary amides is 1. The Morgan fingerprint density at radius 1 is 1.26 bits per heavy atom. The zero-order valence-electron chi connectivity index (χ0n) is 19.7. The van der Waals surface area contributed by atoms with Gasteiger partial charge in [-0.3, -0.25) is 14.4 Å². The first-order chi connectivity index (χ1) is 16.0. The Morgan fingerprint density at radius 3 is 2.59 bits per heavy atom. The molecule has 0 spiro atoms. The number of nitrogens with zero attached hydrogens (tertiary/aromatic N) is 1. The summed E-state index contributed by atoms with van der Waals surface area (Å²) >= 11 is 0. The van der Waals surface area contributed by atoms with Gasteiger partial charge in [0.05, 0.1) is 18.3 Å². The first-order valence-electron chi connectivity index (χ1n) is 11.7. The summed E-state index contributed by atoms with van der Waals surface area (Å²) in [6, 6.07) is 3.62. The van der Waals surface area contributed by atoms with Crippen molar-refractivity contribution in [3.63, 3.8) is 0 Å². The summed E-state index contributed by atoms with van der Waals surface area (Å²) in [6.07, 6.45) is 0.876. The zero-order chi connectivity index (χ0) is 24.9. The van der Waals surface area contributed by atoms with Crippen molar-refractivity contribution in [2.24, 2.45) is 23.5 Å². The minimum absolute atomic E-state index is 0.0320. The summed E-state index contributed by atoms with van der Waals surface area (Å²) in [5.41, 5.74) is 4.78. The van der Waals surface area contributed by atoms with E-state index in [0.29, 0.717) is 24.3 Å². The Balaban J connectivity index is 1.86. The van der Waals surface area contributed by atoms with E-state index in [4.69, 9.17) is 10.5 Å². The molecule has 2 unspecified atom stereocenters. The third-order valence-corrected chi connectivity index (χ3v) is 7.47. The number of amides is 1. The molecule has 4 rings (SSSR count). The first kappa shape index (κ1) is 24.2. The summed E-state index contributed by atoms with van der Waals surface area (Å²) in [7, 11) is 3.75. The van der Waals surface area contributed by atoms with Gasteiger partial charge in [-0.25, -0.2) is 0 Å². The highest BCUT2D eigenvalue weighted by molar-refractivity contribution is 6.16. The Kier molecular flexibility index (Phi) is 6.20. The number of hydrogen-bond donors (Lipinski definition) is 4. The van der Waals surface area contributed by atoms with Crippen LogP contribution in [0.5, 0.6) is 5.75 Å². The van der Waals surface area contributed by atoms with Gasteiger partial charge in [0.15, 0.2) is 17.2 Å². The number of allylic oxidation sites excluding steroid dienone is 1. The maximum Gasteiger partial charge on any atom is 0.230 e. The molecular formula is C25H32N2O7. The van der Waals surface area contributed by atoms with Crippen molar-refractivity contribution in [1.82, 2.24) is 0 Å². The van der Waals surface area contributed by atoms with Gasteiger partial charge in [0.1, 0.15) is 17.4 Å². The number of ether oxygens (including phenoxy) is 1. The summed E-state index contributed by atoms with van der Waals surface area (Å²) in [5.74, 6) is -5.94. The molecule has 0 bridgehead atoms. The van der Waals surface area contributed by atoms with Gasteiger partial charge < -0.3 is 30.7 Å². The highest BCUT2D eigenvalue weighted by Gasteiger charge is 2.62. The number of carbonyl (C=O) groups is 3. The SMILES string of the molecule is CCCCOc1ccc(N(C)C)c2c1C(=O)C1=C(O)[C@]3(O)C(=O)C(C(N)=O)C(O)C[C@@H]3C[C@@H]1C2. The predicted octanol–water partition coefficient (Wildman–Crippen LogP) is 1.28. The lowest BCUT2D eigenvalue weighted by Gasteiger charge is -2.48. The second-order valence-electron chi connectivity index (χ2n) is 9.77. The van der Waals surface area contributed by atoms with Crippen LogP contribution in [-0.2, 0) is 16.0 Å². The van der Waals surface area contributed by atoms with Crippen molar-refractivity contribution < 1.29 is 34.4 Å². The molecule has 184 valence electrons. The fourth-order valence-corrected chi connectivity index (χ4v) is 5.76. The molecule has 1 saturated carbocycles. The molecule has 1 amide bonds. The minimum atomic E-state index is -2.44. The second-order valence-corrected chi connectivity index (χ2v) is 9.77. The monoisotopic (exact) mass is 472 g/mol. The minimum Gasteiger partial charge on any atom is -0.508 e. The molecule has 0 aromatic heterocycles. The molecule has 34 heavy (non-hydrogen) atoms. The number of Topliss-reactive ketones (excluding diaryl/α,β-unsaturated/α-hetero) is 2.